The van der Waals surface area contributed by atoms with E-state index in [9.17, 15) is 13.9 Å². The van der Waals surface area contributed by atoms with Crippen LogP contribution in [0.15, 0.2) is 47.8 Å². The molecule has 0 aliphatic heterocycles. The molecule has 0 saturated heterocycles. The number of hydrogen-bond donors (Lipinski definition) is 1. The summed E-state index contributed by atoms with van der Waals surface area (Å²) in [6, 6.07) is 10.6. The Kier molecular flexibility index (Phi) is 2.71. The van der Waals surface area contributed by atoms with Gasteiger partial charge < -0.3 is 5.11 Å². The lowest BCUT2D eigenvalue weighted by Gasteiger charge is -2.14. The second-order valence-corrected chi connectivity index (χ2v) is 5.95. The molecule has 4 heteroatoms. The highest BCUT2D eigenvalue weighted by Crippen LogP contribution is 2.47. The Morgan fingerprint density at radius 1 is 0.810 bits per heavy atom. The van der Waals surface area contributed by atoms with Gasteiger partial charge in [-0.05, 0) is 52.4 Å². The van der Waals surface area contributed by atoms with Gasteiger partial charge >= 0.3 is 0 Å². The molecule has 0 spiro atoms. The number of aliphatic hydroxyl groups is 1. The van der Waals surface area contributed by atoms with Crippen LogP contribution >= 0.6 is 11.3 Å². The van der Waals surface area contributed by atoms with Crippen LogP contribution in [-0.2, 0) is 0 Å². The van der Waals surface area contributed by atoms with Crippen LogP contribution in [0, 0.1) is 11.6 Å². The zero-order chi connectivity index (χ0) is 14.6. The second kappa shape index (κ2) is 4.48. The minimum atomic E-state index is -0.893. The van der Waals surface area contributed by atoms with Crippen LogP contribution in [0.4, 0.5) is 8.78 Å². The van der Waals surface area contributed by atoms with Crippen molar-refractivity contribution in [3.63, 3.8) is 0 Å². The van der Waals surface area contributed by atoms with Gasteiger partial charge in [-0.25, -0.2) is 8.78 Å². The van der Waals surface area contributed by atoms with Gasteiger partial charge in [0.15, 0.2) is 0 Å². The summed E-state index contributed by atoms with van der Waals surface area (Å²) in [7, 11) is 0. The summed E-state index contributed by atoms with van der Waals surface area (Å²) < 4.78 is 27.2. The van der Waals surface area contributed by atoms with Gasteiger partial charge in [0.05, 0.1) is 0 Å². The van der Waals surface area contributed by atoms with Gasteiger partial charge in [-0.2, -0.15) is 0 Å². The van der Waals surface area contributed by atoms with E-state index in [1.165, 1.54) is 35.6 Å². The fourth-order valence-electron chi connectivity index (χ4n) is 2.86. The third-order valence-electron chi connectivity index (χ3n) is 3.82. The van der Waals surface area contributed by atoms with Gasteiger partial charge in [0.25, 0.3) is 0 Å². The van der Waals surface area contributed by atoms with E-state index in [1.54, 1.807) is 12.1 Å². The lowest BCUT2D eigenvalue weighted by molar-refractivity contribution is 0.221. The van der Waals surface area contributed by atoms with Gasteiger partial charge in [-0.1, -0.05) is 12.1 Å². The summed E-state index contributed by atoms with van der Waals surface area (Å²) in [6.07, 6.45) is -0.893. The molecule has 1 heterocycles. The first-order valence-corrected chi connectivity index (χ1v) is 7.38. The molecule has 1 N–H and O–H groups in total. The minimum Gasteiger partial charge on any atom is -0.384 e. The average molecular weight is 300 g/mol. The molecule has 3 aromatic rings. The monoisotopic (exact) mass is 300 g/mol. The van der Waals surface area contributed by atoms with Gasteiger partial charge in [0.1, 0.15) is 17.7 Å². The fourth-order valence-corrected chi connectivity index (χ4v) is 3.81. The molecule has 1 nitrogen and oxygen atoms in total. The highest BCUT2D eigenvalue weighted by atomic mass is 32.1. The lowest BCUT2D eigenvalue weighted by Crippen LogP contribution is -2.01. The van der Waals surface area contributed by atoms with Crippen molar-refractivity contribution in [2.24, 2.45) is 0 Å². The molecule has 104 valence electrons. The standard InChI is InChI=1S/C17H10F2OS/c18-9-1-3-11-14(7-9)13-5-6-21-17(13)15-8-10(19)2-4-12(15)16(11)20/h1-8,16,20H. The van der Waals surface area contributed by atoms with Crippen LogP contribution in [-0.4, -0.2) is 5.11 Å². The molecule has 0 bridgehead atoms. The molecular weight excluding hydrogens is 290 g/mol. The Bertz CT molecular complexity index is 786. The summed E-state index contributed by atoms with van der Waals surface area (Å²) >= 11 is 1.46. The molecule has 1 atom stereocenters. The van der Waals surface area contributed by atoms with Crippen LogP contribution in [0.5, 0.6) is 0 Å². The molecular formula is C17H10F2OS. The van der Waals surface area contributed by atoms with E-state index in [1.807, 2.05) is 11.4 Å². The number of rotatable bonds is 0. The van der Waals surface area contributed by atoms with Gasteiger partial charge in [0.2, 0.25) is 0 Å². The molecule has 1 aromatic heterocycles. The van der Waals surface area contributed by atoms with E-state index in [0.717, 1.165) is 10.4 Å². The predicted molar refractivity (Wildman–Crippen MR) is 79.2 cm³/mol. The molecule has 0 fully saturated rings. The quantitative estimate of drug-likeness (QED) is 0.635. The van der Waals surface area contributed by atoms with E-state index in [-0.39, 0.29) is 11.6 Å². The van der Waals surface area contributed by atoms with E-state index < -0.39 is 6.10 Å². The Labute approximate surface area is 124 Å². The number of thiophene rings is 1. The number of fused-ring (bicyclic) bond motifs is 5. The molecule has 1 aliphatic carbocycles. The molecule has 1 aliphatic rings. The minimum absolute atomic E-state index is 0.350. The first-order valence-electron chi connectivity index (χ1n) is 6.50. The summed E-state index contributed by atoms with van der Waals surface area (Å²) in [6.45, 7) is 0. The maximum atomic E-state index is 13.6. The van der Waals surface area contributed by atoms with E-state index in [2.05, 4.69) is 0 Å². The highest BCUT2D eigenvalue weighted by Gasteiger charge is 2.27. The van der Waals surface area contributed by atoms with Crippen LogP contribution in [0.25, 0.3) is 21.6 Å². The molecule has 0 amide bonds. The van der Waals surface area contributed by atoms with Crippen molar-refractivity contribution in [3.05, 3.63) is 70.6 Å². The van der Waals surface area contributed by atoms with Gasteiger partial charge in [-0.15, -0.1) is 11.3 Å². The van der Waals surface area contributed by atoms with E-state index in [0.29, 0.717) is 22.3 Å². The van der Waals surface area contributed by atoms with Crippen molar-refractivity contribution >= 4 is 11.3 Å². The number of aliphatic hydroxyl groups excluding tert-OH is 1. The van der Waals surface area contributed by atoms with Crippen molar-refractivity contribution in [2.75, 3.05) is 0 Å². The molecule has 0 saturated carbocycles. The van der Waals surface area contributed by atoms with Crippen LogP contribution < -0.4 is 0 Å². The largest absolute Gasteiger partial charge is 0.384 e. The maximum absolute atomic E-state index is 13.6. The first-order chi connectivity index (χ1) is 10.1. The number of halogens is 2. The smallest absolute Gasteiger partial charge is 0.123 e. The molecule has 2 aromatic carbocycles. The van der Waals surface area contributed by atoms with Crippen LogP contribution in [0.3, 0.4) is 0 Å². The van der Waals surface area contributed by atoms with Crippen molar-refractivity contribution in [3.8, 4) is 21.6 Å². The van der Waals surface area contributed by atoms with Crippen molar-refractivity contribution < 1.29 is 13.9 Å². The molecule has 4 rings (SSSR count). The summed E-state index contributed by atoms with van der Waals surface area (Å²) in [5.41, 5.74) is 3.45. The fraction of sp³-hybridized carbons (Fsp3) is 0.0588. The zero-order valence-electron chi connectivity index (χ0n) is 10.8. The van der Waals surface area contributed by atoms with Crippen LogP contribution in [0.1, 0.15) is 17.2 Å². The Morgan fingerprint density at radius 3 is 2.14 bits per heavy atom. The van der Waals surface area contributed by atoms with Crippen LogP contribution in [0.2, 0.25) is 0 Å². The zero-order valence-corrected chi connectivity index (χ0v) is 11.6. The predicted octanol–water partition coefficient (Wildman–Crippen LogP) is 4.76. The topological polar surface area (TPSA) is 20.2 Å². The second-order valence-electron chi connectivity index (χ2n) is 5.03. The first kappa shape index (κ1) is 12.7. The maximum Gasteiger partial charge on any atom is 0.123 e. The summed E-state index contributed by atoms with van der Waals surface area (Å²) in [5.74, 6) is -0.701. The highest BCUT2D eigenvalue weighted by molar-refractivity contribution is 7.14. The van der Waals surface area contributed by atoms with Crippen molar-refractivity contribution in [1.29, 1.82) is 0 Å². The lowest BCUT2D eigenvalue weighted by atomic mass is 9.96. The van der Waals surface area contributed by atoms with Gasteiger partial charge in [-0.3, -0.25) is 0 Å². The number of benzene rings is 2. The average Bonchev–Trinajstić information content (AvgIpc) is 2.92. The summed E-state index contributed by atoms with van der Waals surface area (Å²) in [4.78, 5) is 0.855. The molecule has 21 heavy (non-hydrogen) atoms. The van der Waals surface area contributed by atoms with Crippen molar-refractivity contribution in [2.45, 2.75) is 6.10 Å². The third kappa shape index (κ3) is 1.83. The summed E-state index contributed by atoms with van der Waals surface area (Å²) in [5, 5.41) is 12.5. The third-order valence-corrected chi connectivity index (χ3v) is 4.77. The Balaban J connectivity index is 2.13. The van der Waals surface area contributed by atoms with Crippen molar-refractivity contribution in [1.82, 2.24) is 0 Å². The Hall–Kier alpha value is -2.04. The number of hydrogen-bond acceptors (Lipinski definition) is 2. The molecule has 1 unspecified atom stereocenters. The molecule has 0 radical (unpaired) electrons. The normalized spacial score (nSPS) is 15.9. The van der Waals surface area contributed by atoms with E-state index in [4.69, 9.17) is 0 Å². The SMILES string of the molecule is OC1c2ccc(F)cc2-c2ccsc2-c2cc(F)ccc21. The van der Waals surface area contributed by atoms with E-state index >= 15 is 0 Å². The van der Waals surface area contributed by atoms with Gasteiger partial charge in [0, 0.05) is 16.0 Å². The Morgan fingerprint density at radius 2 is 1.43 bits per heavy atom.